The molecule has 0 amide bonds. The quantitative estimate of drug-likeness (QED) is 0.677. The van der Waals surface area contributed by atoms with Crippen LogP contribution in [0.4, 0.5) is 0 Å². The molecule has 0 aliphatic carbocycles. The average Bonchev–Trinajstić information content (AvgIpc) is 3.05. The van der Waals surface area contributed by atoms with Gasteiger partial charge in [-0.2, -0.15) is 0 Å². The van der Waals surface area contributed by atoms with Gasteiger partial charge in [-0.1, -0.05) is 37.3 Å². The predicted molar refractivity (Wildman–Crippen MR) is 103 cm³/mol. The molecule has 1 aromatic heterocycles. The highest BCUT2D eigenvalue weighted by Gasteiger charge is 2.20. The molecule has 0 saturated carbocycles. The number of carboxylic acids is 1. The van der Waals surface area contributed by atoms with Gasteiger partial charge in [-0.15, -0.1) is 11.3 Å². The molecule has 25 heavy (non-hydrogen) atoms. The van der Waals surface area contributed by atoms with E-state index in [1.807, 2.05) is 41.8 Å². The SMILES string of the molecule is CCCc1nc(/C=C\c2ccccc2/C(=C/OC)C(C)C(=O)O)cs1. The number of nitrogens with zero attached hydrogens (tertiary/aromatic N) is 1. The van der Waals surface area contributed by atoms with E-state index in [4.69, 9.17) is 4.74 Å². The van der Waals surface area contributed by atoms with Crippen molar-refractivity contribution in [2.75, 3.05) is 7.11 Å². The smallest absolute Gasteiger partial charge is 0.310 e. The van der Waals surface area contributed by atoms with E-state index >= 15 is 0 Å². The number of hydrogen-bond donors (Lipinski definition) is 1. The van der Waals surface area contributed by atoms with E-state index < -0.39 is 11.9 Å². The first-order valence-corrected chi connectivity index (χ1v) is 9.12. The van der Waals surface area contributed by atoms with Crippen LogP contribution in [0.25, 0.3) is 17.7 Å². The van der Waals surface area contributed by atoms with Gasteiger partial charge in [0.2, 0.25) is 0 Å². The summed E-state index contributed by atoms with van der Waals surface area (Å²) in [6, 6.07) is 7.70. The Bertz CT molecular complexity index is 777. The maximum Gasteiger partial charge on any atom is 0.310 e. The maximum absolute atomic E-state index is 11.4. The summed E-state index contributed by atoms with van der Waals surface area (Å²) in [5.74, 6) is -1.55. The summed E-state index contributed by atoms with van der Waals surface area (Å²) in [7, 11) is 1.53. The third-order valence-corrected chi connectivity index (χ3v) is 4.75. The second-order valence-corrected chi connectivity index (χ2v) is 6.65. The summed E-state index contributed by atoms with van der Waals surface area (Å²) in [4.78, 5) is 16.0. The Morgan fingerprint density at radius 2 is 2.12 bits per heavy atom. The number of aromatic nitrogens is 1. The van der Waals surface area contributed by atoms with Crippen LogP contribution >= 0.6 is 11.3 Å². The van der Waals surface area contributed by atoms with Gasteiger partial charge in [0.25, 0.3) is 0 Å². The molecular weight excluding hydrogens is 334 g/mol. The van der Waals surface area contributed by atoms with Crippen LogP contribution in [0.3, 0.4) is 0 Å². The fourth-order valence-electron chi connectivity index (χ4n) is 2.47. The van der Waals surface area contributed by atoms with Crippen molar-refractivity contribution in [2.24, 2.45) is 5.92 Å². The van der Waals surface area contributed by atoms with Crippen molar-refractivity contribution in [3.8, 4) is 0 Å². The lowest BCUT2D eigenvalue weighted by Gasteiger charge is -2.14. The monoisotopic (exact) mass is 357 g/mol. The largest absolute Gasteiger partial charge is 0.504 e. The lowest BCUT2D eigenvalue weighted by molar-refractivity contribution is -0.139. The third kappa shape index (κ3) is 5.03. The molecule has 1 N–H and O–H groups in total. The number of carbonyl (C=O) groups is 1. The number of aliphatic carboxylic acids is 1. The molecule has 0 bridgehead atoms. The van der Waals surface area contributed by atoms with Crippen LogP contribution in [0.5, 0.6) is 0 Å². The Kier molecular flexibility index (Phi) is 6.95. The Morgan fingerprint density at radius 3 is 2.80 bits per heavy atom. The van der Waals surface area contributed by atoms with E-state index in [0.29, 0.717) is 5.57 Å². The fraction of sp³-hybridized carbons (Fsp3) is 0.300. The molecule has 2 aromatic rings. The molecular formula is C20H23NO3S. The van der Waals surface area contributed by atoms with Crippen molar-refractivity contribution in [2.45, 2.75) is 26.7 Å². The molecule has 0 aliphatic heterocycles. The molecule has 0 aliphatic rings. The zero-order valence-corrected chi connectivity index (χ0v) is 15.5. The second kappa shape index (κ2) is 9.18. The van der Waals surface area contributed by atoms with Crippen LogP contribution in [0.2, 0.25) is 0 Å². The minimum Gasteiger partial charge on any atom is -0.504 e. The Hall–Kier alpha value is -2.40. The van der Waals surface area contributed by atoms with Gasteiger partial charge >= 0.3 is 5.97 Å². The van der Waals surface area contributed by atoms with E-state index in [1.54, 1.807) is 18.3 Å². The first-order chi connectivity index (χ1) is 12.1. The first kappa shape index (κ1) is 18.9. The van der Waals surface area contributed by atoms with E-state index in [-0.39, 0.29) is 0 Å². The summed E-state index contributed by atoms with van der Waals surface area (Å²) >= 11 is 1.67. The summed E-state index contributed by atoms with van der Waals surface area (Å²) in [6.45, 7) is 3.80. The molecule has 2 rings (SSSR count). The Morgan fingerprint density at radius 1 is 1.36 bits per heavy atom. The van der Waals surface area contributed by atoms with Gasteiger partial charge < -0.3 is 9.84 Å². The highest BCUT2D eigenvalue weighted by Crippen LogP contribution is 2.28. The van der Waals surface area contributed by atoms with Gasteiger partial charge in [-0.05, 0) is 37.0 Å². The number of carboxylic acid groups (broad SMARTS) is 1. The maximum atomic E-state index is 11.4. The van der Waals surface area contributed by atoms with Gasteiger partial charge in [-0.25, -0.2) is 4.98 Å². The topological polar surface area (TPSA) is 59.4 Å². The van der Waals surface area contributed by atoms with Crippen LogP contribution in [0.15, 0.2) is 35.9 Å². The van der Waals surface area contributed by atoms with Crippen molar-refractivity contribution < 1.29 is 14.6 Å². The van der Waals surface area contributed by atoms with Crippen LogP contribution < -0.4 is 0 Å². The second-order valence-electron chi connectivity index (χ2n) is 5.71. The number of hydrogen-bond acceptors (Lipinski definition) is 4. The zero-order valence-electron chi connectivity index (χ0n) is 14.7. The number of aryl methyl sites for hydroxylation is 1. The molecule has 0 spiro atoms. The molecule has 0 fully saturated rings. The molecule has 1 aromatic carbocycles. The molecule has 1 unspecified atom stereocenters. The zero-order chi connectivity index (χ0) is 18.2. The normalized spacial score (nSPS) is 13.2. The predicted octanol–water partition coefficient (Wildman–Crippen LogP) is 4.97. The molecule has 0 saturated heterocycles. The van der Waals surface area contributed by atoms with E-state index in [2.05, 4.69) is 11.9 Å². The highest BCUT2D eigenvalue weighted by atomic mass is 32.1. The minimum atomic E-state index is -0.884. The molecule has 4 nitrogen and oxygen atoms in total. The van der Waals surface area contributed by atoms with Gasteiger partial charge in [0.05, 0.1) is 30.0 Å². The Balaban J connectivity index is 2.34. The number of benzene rings is 1. The van der Waals surface area contributed by atoms with Crippen molar-refractivity contribution >= 4 is 35.0 Å². The van der Waals surface area contributed by atoms with Crippen LogP contribution in [0, 0.1) is 5.92 Å². The molecule has 5 heteroatoms. The van der Waals surface area contributed by atoms with Crippen molar-refractivity contribution in [1.29, 1.82) is 0 Å². The number of thiazole rings is 1. The van der Waals surface area contributed by atoms with Gasteiger partial charge in [-0.3, -0.25) is 4.79 Å². The number of ether oxygens (including phenoxy) is 1. The van der Waals surface area contributed by atoms with E-state index in [0.717, 1.165) is 34.7 Å². The third-order valence-electron chi connectivity index (χ3n) is 3.82. The average molecular weight is 357 g/mol. The van der Waals surface area contributed by atoms with Crippen LogP contribution in [0.1, 0.15) is 42.1 Å². The van der Waals surface area contributed by atoms with Crippen molar-refractivity contribution in [3.63, 3.8) is 0 Å². The van der Waals surface area contributed by atoms with E-state index in [9.17, 15) is 9.90 Å². The van der Waals surface area contributed by atoms with E-state index in [1.165, 1.54) is 13.4 Å². The molecule has 1 atom stereocenters. The highest BCUT2D eigenvalue weighted by molar-refractivity contribution is 7.09. The summed E-state index contributed by atoms with van der Waals surface area (Å²) < 4.78 is 5.12. The fourth-order valence-corrected chi connectivity index (χ4v) is 3.34. The Labute approximate surface area is 152 Å². The summed E-state index contributed by atoms with van der Waals surface area (Å²) in [5.41, 5.74) is 3.34. The lowest BCUT2D eigenvalue weighted by atomic mass is 9.91. The van der Waals surface area contributed by atoms with Crippen LogP contribution in [-0.4, -0.2) is 23.2 Å². The van der Waals surface area contributed by atoms with Crippen molar-refractivity contribution in [1.82, 2.24) is 4.98 Å². The molecule has 132 valence electrons. The lowest BCUT2D eigenvalue weighted by Crippen LogP contribution is -2.12. The van der Waals surface area contributed by atoms with Gasteiger partial charge in [0.15, 0.2) is 0 Å². The molecule has 1 heterocycles. The number of methoxy groups -OCH3 is 1. The van der Waals surface area contributed by atoms with Gasteiger partial charge in [0, 0.05) is 11.0 Å². The number of rotatable bonds is 8. The van der Waals surface area contributed by atoms with Crippen LogP contribution in [-0.2, 0) is 16.0 Å². The van der Waals surface area contributed by atoms with Gasteiger partial charge in [0.1, 0.15) is 0 Å². The first-order valence-electron chi connectivity index (χ1n) is 8.24. The standard InChI is InChI=1S/C20H23NO3S/c1-4-7-19-21-16(13-25-19)11-10-15-8-5-6-9-17(15)18(12-24-3)14(2)20(22)23/h5-6,8-14H,4,7H2,1-3H3,(H,22,23)/b11-10-,18-12+. The summed E-state index contributed by atoms with van der Waals surface area (Å²) in [6.07, 6.45) is 7.51. The van der Waals surface area contributed by atoms with Crippen molar-refractivity contribution in [3.05, 3.63) is 57.7 Å². The minimum absolute atomic E-state index is 0.639. The molecule has 0 radical (unpaired) electrons. The summed E-state index contributed by atoms with van der Waals surface area (Å²) in [5, 5.41) is 12.5.